The Balaban J connectivity index is 1.42. The molecule has 2 fully saturated rings. The molecule has 1 aliphatic heterocycles. The van der Waals surface area contributed by atoms with Crippen LogP contribution in [0.3, 0.4) is 0 Å². The second-order valence-electron chi connectivity index (χ2n) is 9.71. The minimum Gasteiger partial charge on any atom is -0.493 e. The second kappa shape index (κ2) is 9.85. The molecule has 2 aromatic heterocycles. The first-order chi connectivity index (χ1) is 17.4. The number of halogens is 1. The van der Waals surface area contributed by atoms with Gasteiger partial charge in [-0.3, -0.25) is 9.59 Å². The van der Waals surface area contributed by atoms with Crippen LogP contribution >= 0.6 is 0 Å². The summed E-state index contributed by atoms with van der Waals surface area (Å²) in [5.41, 5.74) is 4.51. The maximum absolute atomic E-state index is 14.8. The van der Waals surface area contributed by atoms with Gasteiger partial charge in [0.15, 0.2) is 0 Å². The number of fused-ring (bicyclic) bond motifs is 1. The highest BCUT2D eigenvalue weighted by Gasteiger charge is 2.33. The van der Waals surface area contributed by atoms with E-state index in [-0.39, 0.29) is 19.5 Å². The number of hydrogen-bond donors (Lipinski definition) is 3. The number of ether oxygens (including phenoxy) is 1. The van der Waals surface area contributed by atoms with Crippen LogP contribution in [0.4, 0.5) is 4.39 Å². The van der Waals surface area contributed by atoms with Crippen molar-refractivity contribution in [3.8, 4) is 17.0 Å². The van der Waals surface area contributed by atoms with Crippen molar-refractivity contribution >= 4 is 22.8 Å². The van der Waals surface area contributed by atoms with E-state index in [0.29, 0.717) is 40.5 Å². The number of carbonyl (C=O) groups excluding carboxylic acids is 2. The van der Waals surface area contributed by atoms with Crippen LogP contribution in [0, 0.1) is 19.8 Å². The van der Waals surface area contributed by atoms with E-state index in [1.807, 2.05) is 25.1 Å². The van der Waals surface area contributed by atoms with Crippen LogP contribution in [0.1, 0.15) is 40.9 Å². The molecule has 2 atom stereocenters. The lowest BCUT2D eigenvalue weighted by atomic mass is 10.0. The summed E-state index contributed by atoms with van der Waals surface area (Å²) in [5.74, 6) is 0.374. The zero-order chi connectivity index (χ0) is 25.4. The molecule has 0 unspecified atom stereocenters. The summed E-state index contributed by atoms with van der Waals surface area (Å²) in [6.45, 7) is 3.87. The fraction of sp³-hybridized carbons (Fsp3) is 0.462. The smallest absolute Gasteiger partial charge is 0.255 e. The summed E-state index contributed by atoms with van der Waals surface area (Å²) in [7, 11) is 0. The summed E-state index contributed by atoms with van der Waals surface area (Å²) in [6.07, 6.45) is 2.61. The molecule has 10 heteroatoms. The van der Waals surface area contributed by atoms with E-state index < -0.39 is 30.6 Å². The number of aliphatic hydroxyl groups is 1. The van der Waals surface area contributed by atoms with Gasteiger partial charge in [0.05, 0.1) is 30.3 Å². The molecule has 3 aromatic rings. The lowest BCUT2D eigenvalue weighted by Crippen LogP contribution is -2.54. The maximum atomic E-state index is 14.8. The van der Waals surface area contributed by atoms with E-state index in [1.54, 1.807) is 6.92 Å². The number of hydrogen-bond acceptors (Lipinski definition) is 6. The zero-order valence-electron chi connectivity index (χ0n) is 20.4. The predicted molar refractivity (Wildman–Crippen MR) is 131 cm³/mol. The average molecular weight is 496 g/mol. The predicted octanol–water partition coefficient (Wildman–Crippen LogP) is 2.69. The lowest BCUT2D eigenvalue weighted by Gasteiger charge is -2.34. The number of aromatic amines is 1. The molecule has 1 aliphatic carbocycles. The van der Waals surface area contributed by atoms with E-state index in [9.17, 15) is 14.0 Å². The van der Waals surface area contributed by atoms with Crippen LogP contribution < -0.4 is 10.1 Å². The first-order valence-corrected chi connectivity index (χ1v) is 12.3. The number of benzene rings is 1. The molecule has 3 N–H and O–H groups in total. The fourth-order valence-electron chi connectivity index (χ4n) is 4.68. The molecule has 0 bridgehead atoms. The summed E-state index contributed by atoms with van der Waals surface area (Å²) < 4.78 is 20.9. The SMILES string of the molecule is Cc1ccc(OCC2CC2)c(-c2ncnc3c(C(=O)N[C@@H]4CCN(C(=O)CO)C[C@@H]4F)c(C)[nH]c23)c1. The Kier molecular flexibility index (Phi) is 6.61. The van der Waals surface area contributed by atoms with Crippen molar-refractivity contribution in [2.45, 2.75) is 45.3 Å². The summed E-state index contributed by atoms with van der Waals surface area (Å²) in [6, 6.07) is 5.20. The second-order valence-corrected chi connectivity index (χ2v) is 9.71. The molecule has 190 valence electrons. The summed E-state index contributed by atoms with van der Waals surface area (Å²) >= 11 is 0. The molecule has 3 heterocycles. The van der Waals surface area contributed by atoms with E-state index in [1.165, 1.54) is 24.1 Å². The number of alkyl halides is 1. The van der Waals surface area contributed by atoms with Crippen molar-refractivity contribution in [3.63, 3.8) is 0 Å². The normalized spacial score (nSPS) is 19.9. The standard InChI is InChI=1S/C26H30FN5O4/c1-14-3-6-20(36-12-16-4-5-16)17(9-14)23-25-24(29-13-28-23)22(15(2)30-25)26(35)31-19-7-8-32(10-18(19)27)21(34)11-33/h3,6,9,13,16,18-19,30,33H,4-5,7-8,10-12H2,1-2H3,(H,31,35)/t18-,19+/m0/s1. The third kappa shape index (κ3) is 4.77. The van der Waals surface area contributed by atoms with Crippen LogP contribution in [-0.4, -0.2) is 75.3 Å². The number of piperidine rings is 1. The maximum Gasteiger partial charge on any atom is 0.255 e. The number of rotatable bonds is 7. The Morgan fingerprint density at radius 1 is 1.25 bits per heavy atom. The van der Waals surface area contributed by atoms with Gasteiger partial charge in [0, 0.05) is 17.8 Å². The zero-order valence-corrected chi connectivity index (χ0v) is 20.4. The molecule has 36 heavy (non-hydrogen) atoms. The highest BCUT2D eigenvalue weighted by Crippen LogP contribution is 2.37. The Hall–Kier alpha value is -3.53. The van der Waals surface area contributed by atoms with E-state index >= 15 is 0 Å². The molecule has 1 aromatic carbocycles. The largest absolute Gasteiger partial charge is 0.493 e. The molecular formula is C26H30FN5O4. The van der Waals surface area contributed by atoms with Crippen molar-refractivity contribution < 1.29 is 23.8 Å². The van der Waals surface area contributed by atoms with Crippen LogP contribution in [0.15, 0.2) is 24.5 Å². The van der Waals surface area contributed by atoms with E-state index in [0.717, 1.165) is 16.9 Å². The van der Waals surface area contributed by atoms with Crippen molar-refractivity contribution in [1.82, 2.24) is 25.2 Å². The van der Waals surface area contributed by atoms with Gasteiger partial charge in [-0.05, 0) is 51.2 Å². The monoisotopic (exact) mass is 495 g/mol. The molecule has 9 nitrogen and oxygen atoms in total. The number of aliphatic hydroxyl groups excluding tert-OH is 1. The lowest BCUT2D eigenvalue weighted by molar-refractivity contribution is -0.136. The van der Waals surface area contributed by atoms with Crippen LogP contribution in [0.5, 0.6) is 5.75 Å². The third-order valence-corrected chi connectivity index (χ3v) is 6.91. The number of nitrogens with zero attached hydrogens (tertiary/aromatic N) is 3. The number of aryl methyl sites for hydroxylation is 2. The van der Waals surface area contributed by atoms with E-state index in [4.69, 9.17) is 9.84 Å². The quantitative estimate of drug-likeness (QED) is 0.464. The van der Waals surface area contributed by atoms with Crippen LogP contribution in [0.2, 0.25) is 0 Å². The first kappa shape index (κ1) is 24.2. The molecule has 0 spiro atoms. The minimum absolute atomic E-state index is 0.166. The number of carbonyl (C=O) groups is 2. The van der Waals surface area contributed by atoms with Crippen molar-refractivity contribution in [2.24, 2.45) is 5.92 Å². The van der Waals surface area contributed by atoms with Crippen molar-refractivity contribution in [1.29, 1.82) is 0 Å². The van der Waals surface area contributed by atoms with Gasteiger partial charge in [-0.1, -0.05) is 11.6 Å². The Morgan fingerprint density at radius 2 is 2.06 bits per heavy atom. The van der Waals surface area contributed by atoms with Gasteiger partial charge in [-0.15, -0.1) is 0 Å². The van der Waals surface area contributed by atoms with Crippen LogP contribution in [0.25, 0.3) is 22.3 Å². The van der Waals surface area contributed by atoms with Gasteiger partial charge < -0.3 is 25.0 Å². The van der Waals surface area contributed by atoms with Gasteiger partial charge in [-0.25, -0.2) is 14.4 Å². The van der Waals surface area contributed by atoms with Gasteiger partial charge in [0.2, 0.25) is 5.91 Å². The highest BCUT2D eigenvalue weighted by atomic mass is 19.1. The Labute approximate surface area is 208 Å². The molecule has 1 saturated carbocycles. The van der Waals surface area contributed by atoms with Crippen LogP contribution in [-0.2, 0) is 4.79 Å². The molecular weight excluding hydrogens is 465 g/mol. The Morgan fingerprint density at radius 3 is 2.78 bits per heavy atom. The highest BCUT2D eigenvalue weighted by molar-refractivity contribution is 6.09. The molecule has 0 radical (unpaired) electrons. The van der Waals surface area contributed by atoms with Gasteiger partial charge in [0.1, 0.15) is 36.1 Å². The number of likely N-dealkylation sites (tertiary alicyclic amines) is 1. The van der Waals surface area contributed by atoms with E-state index in [2.05, 4.69) is 20.3 Å². The van der Waals surface area contributed by atoms with Gasteiger partial charge >= 0.3 is 0 Å². The first-order valence-electron chi connectivity index (χ1n) is 12.3. The molecule has 5 rings (SSSR count). The fourth-order valence-corrected chi connectivity index (χ4v) is 4.68. The molecule has 2 aliphatic rings. The molecule has 1 saturated heterocycles. The minimum atomic E-state index is -1.44. The van der Waals surface area contributed by atoms with Crippen molar-refractivity contribution in [3.05, 3.63) is 41.3 Å². The number of amides is 2. The average Bonchev–Trinajstić information content (AvgIpc) is 3.63. The van der Waals surface area contributed by atoms with Crippen molar-refractivity contribution in [2.75, 3.05) is 26.3 Å². The topological polar surface area (TPSA) is 120 Å². The van der Waals surface area contributed by atoms with Gasteiger partial charge in [-0.2, -0.15) is 0 Å². The summed E-state index contributed by atoms with van der Waals surface area (Å²) in [4.78, 5) is 38.4. The molecule has 2 amide bonds. The summed E-state index contributed by atoms with van der Waals surface area (Å²) in [5, 5.41) is 11.8. The number of aromatic nitrogens is 3. The number of H-pyrrole nitrogens is 1. The third-order valence-electron chi connectivity index (χ3n) is 6.91. The Bertz CT molecular complexity index is 1300. The van der Waals surface area contributed by atoms with Gasteiger partial charge in [0.25, 0.3) is 5.91 Å². The number of nitrogens with one attached hydrogen (secondary N) is 2.